The molecule has 1 amide bonds. The predicted molar refractivity (Wildman–Crippen MR) is 79.3 cm³/mol. The third kappa shape index (κ3) is 3.25. The summed E-state index contributed by atoms with van der Waals surface area (Å²) in [5.74, 6) is -12.1. The Morgan fingerprint density at radius 1 is 0.917 bits per heavy atom. The molecule has 1 unspecified atom stereocenters. The van der Waals surface area contributed by atoms with Gasteiger partial charge >= 0.3 is 0 Å². The molecule has 0 saturated heterocycles. The van der Waals surface area contributed by atoms with Crippen LogP contribution < -0.4 is 5.32 Å². The van der Waals surface area contributed by atoms with Crippen LogP contribution in [0.2, 0.25) is 0 Å². The van der Waals surface area contributed by atoms with E-state index < -0.39 is 40.6 Å². The molecule has 24 heavy (non-hydrogen) atoms. The highest BCUT2D eigenvalue weighted by Gasteiger charge is 2.29. The standard InChI is InChI=1S/C17H14F5NO/c1-3-8(2)9-4-6-10(7-5-9)23-17(24)11-12(18)14(20)16(22)15(21)13(11)19/h4-8H,3H2,1-2H3,(H,23,24). The summed E-state index contributed by atoms with van der Waals surface area (Å²) < 4.78 is 66.4. The quantitative estimate of drug-likeness (QED) is 0.464. The van der Waals surface area contributed by atoms with Gasteiger partial charge in [-0.15, -0.1) is 0 Å². The first-order valence-electron chi connectivity index (χ1n) is 7.20. The number of halogens is 5. The van der Waals surface area contributed by atoms with Gasteiger partial charge in [0.15, 0.2) is 23.3 Å². The molecule has 2 aromatic rings. The highest BCUT2D eigenvalue weighted by atomic mass is 19.2. The lowest BCUT2D eigenvalue weighted by molar-refractivity contribution is 0.101. The Labute approximate surface area is 135 Å². The van der Waals surface area contributed by atoms with Crippen molar-refractivity contribution in [1.29, 1.82) is 0 Å². The highest BCUT2D eigenvalue weighted by molar-refractivity contribution is 6.04. The van der Waals surface area contributed by atoms with Crippen molar-refractivity contribution in [2.75, 3.05) is 5.32 Å². The normalized spacial score (nSPS) is 12.1. The Balaban J connectivity index is 2.31. The van der Waals surface area contributed by atoms with Crippen LogP contribution in [0.1, 0.15) is 42.1 Å². The third-order valence-electron chi connectivity index (χ3n) is 3.79. The molecule has 0 radical (unpaired) electrons. The van der Waals surface area contributed by atoms with E-state index in [0.717, 1.165) is 12.0 Å². The molecule has 7 heteroatoms. The molecule has 1 atom stereocenters. The van der Waals surface area contributed by atoms with Gasteiger partial charge in [0, 0.05) is 5.69 Å². The van der Waals surface area contributed by atoms with Crippen molar-refractivity contribution in [1.82, 2.24) is 0 Å². The smallest absolute Gasteiger partial charge is 0.261 e. The van der Waals surface area contributed by atoms with Crippen LogP contribution in [0.15, 0.2) is 24.3 Å². The summed E-state index contributed by atoms with van der Waals surface area (Å²) >= 11 is 0. The van der Waals surface area contributed by atoms with E-state index in [-0.39, 0.29) is 11.6 Å². The molecule has 0 aliphatic carbocycles. The minimum atomic E-state index is -2.31. The average Bonchev–Trinajstić information content (AvgIpc) is 2.58. The zero-order valence-electron chi connectivity index (χ0n) is 12.9. The third-order valence-corrected chi connectivity index (χ3v) is 3.79. The summed E-state index contributed by atoms with van der Waals surface area (Å²) in [7, 11) is 0. The molecular weight excluding hydrogens is 329 g/mol. The first-order chi connectivity index (χ1) is 11.3. The number of rotatable bonds is 4. The van der Waals surface area contributed by atoms with Gasteiger partial charge in [-0.05, 0) is 30.0 Å². The van der Waals surface area contributed by atoms with Crippen LogP contribution in [-0.2, 0) is 0 Å². The van der Waals surface area contributed by atoms with Crippen LogP contribution in [0.4, 0.5) is 27.6 Å². The summed E-state index contributed by atoms with van der Waals surface area (Å²) in [4.78, 5) is 11.9. The predicted octanol–water partition coefficient (Wildman–Crippen LogP) is 5.15. The van der Waals surface area contributed by atoms with Crippen molar-refractivity contribution in [3.8, 4) is 0 Å². The van der Waals surface area contributed by atoms with Gasteiger partial charge in [0.05, 0.1) is 0 Å². The van der Waals surface area contributed by atoms with Crippen molar-refractivity contribution < 1.29 is 26.7 Å². The molecule has 0 aliphatic rings. The molecule has 0 saturated carbocycles. The van der Waals surface area contributed by atoms with E-state index in [0.29, 0.717) is 0 Å². The highest BCUT2D eigenvalue weighted by Crippen LogP contribution is 2.25. The molecule has 0 spiro atoms. The van der Waals surface area contributed by atoms with Gasteiger partial charge in [-0.25, -0.2) is 22.0 Å². The number of amides is 1. The second kappa shape index (κ2) is 6.98. The van der Waals surface area contributed by atoms with E-state index in [1.54, 1.807) is 12.1 Å². The largest absolute Gasteiger partial charge is 0.322 e. The second-order valence-corrected chi connectivity index (χ2v) is 5.33. The Bertz CT molecular complexity index is 745. The number of carbonyl (C=O) groups excluding carboxylic acids is 1. The summed E-state index contributed by atoms with van der Waals surface area (Å²) in [5.41, 5.74) is -0.347. The molecule has 0 aromatic heterocycles. The van der Waals surface area contributed by atoms with E-state index in [1.165, 1.54) is 12.1 Å². The van der Waals surface area contributed by atoms with Crippen molar-refractivity contribution in [3.63, 3.8) is 0 Å². The van der Waals surface area contributed by atoms with Crippen LogP contribution in [-0.4, -0.2) is 5.91 Å². The zero-order chi connectivity index (χ0) is 18.0. The maximum Gasteiger partial charge on any atom is 0.261 e. The Hall–Kier alpha value is -2.44. The molecule has 128 valence electrons. The summed E-state index contributed by atoms with van der Waals surface area (Å²) in [6.07, 6.45) is 0.899. The maximum absolute atomic E-state index is 13.6. The lowest BCUT2D eigenvalue weighted by Crippen LogP contribution is -2.19. The monoisotopic (exact) mass is 343 g/mol. The molecule has 2 nitrogen and oxygen atoms in total. The van der Waals surface area contributed by atoms with E-state index in [1.807, 2.05) is 13.8 Å². The minimum Gasteiger partial charge on any atom is -0.322 e. The van der Waals surface area contributed by atoms with E-state index in [9.17, 15) is 26.7 Å². The topological polar surface area (TPSA) is 29.1 Å². The van der Waals surface area contributed by atoms with Gasteiger partial charge in [-0.1, -0.05) is 26.0 Å². The van der Waals surface area contributed by atoms with Gasteiger partial charge in [-0.3, -0.25) is 4.79 Å². The van der Waals surface area contributed by atoms with Gasteiger partial charge in [0.25, 0.3) is 5.91 Å². The molecule has 2 rings (SSSR count). The molecule has 0 heterocycles. The second-order valence-electron chi connectivity index (χ2n) is 5.33. The van der Waals surface area contributed by atoms with Crippen LogP contribution >= 0.6 is 0 Å². The number of benzene rings is 2. The van der Waals surface area contributed by atoms with Crippen LogP contribution in [0.3, 0.4) is 0 Å². The van der Waals surface area contributed by atoms with Crippen molar-refractivity contribution >= 4 is 11.6 Å². The number of hydrogen-bond acceptors (Lipinski definition) is 1. The van der Waals surface area contributed by atoms with E-state index in [4.69, 9.17) is 0 Å². The summed E-state index contributed by atoms with van der Waals surface area (Å²) in [5, 5.41) is 2.12. The molecule has 1 N–H and O–H groups in total. The van der Waals surface area contributed by atoms with Gasteiger partial charge < -0.3 is 5.32 Å². The number of anilines is 1. The SMILES string of the molecule is CCC(C)c1ccc(NC(=O)c2c(F)c(F)c(F)c(F)c2F)cc1. The maximum atomic E-state index is 13.6. The Morgan fingerprint density at radius 3 is 1.83 bits per heavy atom. The van der Waals surface area contributed by atoms with Crippen molar-refractivity contribution in [2.24, 2.45) is 0 Å². The fourth-order valence-corrected chi connectivity index (χ4v) is 2.13. The number of carbonyl (C=O) groups is 1. The summed E-state index contributed by atoms with van der Waals surface area (Å²) in [6.45, 7) is 4.01. The summed E-state index contributed by atoms with van der Waals surface area (Å²) in [6, 6.07) is 6.40. The first kappa shape index (κ1) is 17.9. The van der Waals surface area contributed by atoms with Crippen molar-refractivity contribution in [2.45, 2.75) is 26.2 Å². The van der Waals surface area contributed by atoms with Gasteiger partial charge in [0.2, 0.25) is 5.82 Å². The average molecular weight is 343 g/mol. The Morgan fingerprint density at radius 2 is 1.38 bits per heavy atom. The minimum absolute atomic E-state index is 0.177. The van der Waals surface area contributed by atoms with Gasteiger partial charge in [-0.2, -0.15) is 0 Å². The van der Waals surface area contributed by atoms with Crippen molar-refractivity contribution in [3.05, 3.63) is 64.5 Å². The van der Waals surface area contributed by atoms with Crippen LogP contribution in [0.25, 0.3) is 0 Å². The Kier molecular flexibility index (Phi) is 5.21. The van der Waals surface area contributed by atoms with Gasteiger partial charge in [0.1, 0.15) is 5.56 Å². The number of hydrogen-bond donors (Lipinski definition) is 1. The lowest BCUT2D eigenvalue weighted by atomic mass is 9.98. The molecule has 2 aromatic carbocycles. The van der Waals surface area contributed by atoms with E-state index >= 15 is 0 Å². The first-order valence-corrected chi connectivity index (χ1v) is 7.20. The molecule has 0 bridgehead atoms. The van der Waals surface area contributed by atoms with Crippen LogP contribution in [0.5, 0.6) is 0 Å². The number of nitrogens with one attached hydrogen (secondary N) is 1. The molecule has 0 aliphatic heterocycles. The van der Waals surface area contributed by atoms with Crippen LogP contribution in [0, 0.1) is 29.1 Å². The zero-order valence-corrected chi connectivity index (χ0v) is 12.9. The lowest BCUT2D eigenvalue weighted by Gasteiger charge is -2.11. The fourth-order valence-electron chi connectivity index (χ4n) is 2.13. The fraction of sp³-hybridized carbons (Fsp3) is 0.235. The molecular formula is C17H14F5NO. The molecule has 0 fully saturated rings. The van der Waals surface area contributed by atoms with E-state index in [2.05, 4.69) is 5.32 Å².